The number of piperazine rings is 1. The maximum Gasteiger partial charge on any atom is 0.416 e. The Balaban J connectivity index is 0.795. The summed E-state index contributed by atoms with van der Waals surface area (Å²) in [5.41, 5.74) is 5.37. The third-order valence-corrected chi connectivity index (χ3v) is 13.2. The van der Waals surface area contributed by atoms with E-state index in [2.05, 4.69) is 92.3 Å². The molecular formula is C50H42Br2F3IN8O5. The zero-order valence-electron chi connectivity index (χ0n) is 36.9. The number of hydrogen-bond donors (Lipinski definition) is 3. The number of hydrogen-bond acceptors (Lipinski definition) is 8. The van der Waals surface area contributed by atoms with E-state index < -0.39 is 17.6 Å². The first-order chi connectivity index (χ1) is 33.1. The molecule has 354 valence electrons. The number of benzene rings is 4. The standard InChI is InChI=1S/C50H42Br2F3IN8O5/c1-2-33-7-8-35(23-34(33)6-5-30-26-58-44-11-13-59-64(44)28-30)48(67)60-38-19-32(18-36(24-38)50(53,54)55)27-62-14-16-63(17-15-62)46(66)4-3-12-57-45(65)29-69-47-41(51)21-31(22-42(47)52)20-40-39-25-37(56)9-10-43(39)61-49(40)68/h7-11,13,18-26,28H,2-4,12,14-17,27,29H2,1H3,(H,57,65)(H,60,67)(H,61,68)/b40-20-. The van der Waals surface area contributed by atoms with E-state index in [1.807, 2.05) is 30.0 Å². The van der Waals surface area contributed by atoms with Crippen molar-refractivity contribution in [2.24, 2.45) is 0 Å². The van der Waals surface area contributed by atoms with Crippen molar-refractivity contribution in [3.63, 3.8) is 0 Å². The van der Waals surface area contributed by atoms with Crippen molar-refractivity contribution in [3.05, 3.63) is 148 Å². The number of alkyl halides is 3. The second-order valence-corrected chi connectivity index (χ2v) is 19.2. The molecule has 2 aromatic heterocycles. The normalized spacial score (nSPS) is 14.3. The quantitative estimate of drug-likeness (QED) is 0.0449. The molecule has 1 fully saturated rings. The molecule has 0 bridgehead atoms. The lowest BCUT2D eigenvalue weighted by atomic mass is 10.0. The highest BCUT2D eigenvalue weighted by atomic mass is 127. The predicted molar refractivity (Wildman–Crippen MR) is 271 cm³/mol. The molecule has 3 N–H and O–H groups in total. The van der Waals surface area contributed by atoms with Gasteiger partial charge >= 0.3 is 6.18 Å². The van der Waals surface area contributed by atoms with Crippen LogP contribution in [0.2, 0.25) is 0 Å². The maximum absolute atomic E-state index is 14.1. The van der Waals surface area contributed by atoms with Gasteiger partial charge < -0.3 is 25.6 Å². The number of ether oxygens (including phenoxy) is 1. The molecule has 0 unspecified atom stereocenters. The Morgan fingerprint density at radius 2 is 1.75 bits per heavy atom. The zero-order chi connectivity index (χ0) is 48.8. The zero-order valence-corrected chi connectivity index (χ0v) is 42.2. The lowest BCUT2D eigenvalue weighted by Crippen LogP contribution is -2.48. The van der Waals surface area contributed by atoms with Gasteiger partial charge in [0.2, 0.25) is 5.91 Å². The minimum absolute atomic E-state index is 0.00460. The van der Waals surface area contributed by atoms with E-state index in [0.717, 1.165) is 38.1 Å². The van der Waals surface area contributed by atoms with Gasteiger partial charge in [-0.25, -0.2) is 9.50 Å². The number of fused-ring (bicyclic) bond motifs is 2. The van der Waals surface area contributed by atoms with Gasteiger partial charge in [-0.3, -0.25) is 24.1 Å². The molecule has 19 heteroatoms. The van der Waals surface area contributed by atoms with Gasteiger partial charge in [0.15, 0.2) is 12.3 Å². The number of nitrogens with zero attached hydrogens (tertiary/aromatic N) is 5. The van der Waals surface area contributed by atoms with E-state index in [-0.39, 0.29) is 55.1 Å². The number of carbonyl (C=O) groups is 4. The Kier molecular flexibility index (Phi) is 15.5. The van der Waals surface area contributed by atoms with Crippen LogP contribution < -0.4 is 20.7 Å². The first-order valence-corrected chi connectivity index (χ1v) is 24.4. The molecule has 4 aromatic carbocycles. The van der Waals surface area contributed by atoms with Crippen molar-refractivity contribution in [2.45, 2.75) is 38.9 Å². The van der Waals surface area contributed by atoms with Gasteiger partial charge in [-0.1, -0.05) is 24.8 Å². The van der Waals surface area contributed by atoms with Crippen LogP contribution in [-0.4, -0.2) is 87.4 Å². The van der Waals surface area contributed by atoms with Crippen molar-refractivity contribution in [1.82, 2.24) is 29.7 Å². The molecule has 69 heavy (non-hydrogen) atoms. The number of amides is 4. The minimum atomic E-state index is -4.66. The summed E-state index contributed by atoms with van der Waals surface area (Å²) >= 11 is 9.23. The van der Waals surface area contributed by atoms with Crippen LogP contribution in [0.15, 0.2) is 100 Å². The minimum Gasteiger partial charge on any atom is -0.481 e. The van der Waals surface area contributed by atoms with Crippen LogP contribution in [-0.2, 0) is 33.5 Å². The topological polar surface area (TPSA) is 150 Å². The van der Waals surface area contributed by atoms with Crippen molar-refractivity contribution < 1.29 is 37.1 Å². The Morgan fingerprint density at radius 3 is 2.51 bits per heavy atom. The molecule has 1 saturated heterocycles. The number of aromatic nitrogens is 3. The van der Waals surface area contributed by atoms with Gasteiger partial charge in [-0.2, -0.15) is 18.3 Å². The number of anilines is 2. The second kappa shape index (κ2) is 21.7. The Hall–Kier alpha value is -6.08. The summed E-state index contributed by atoms with van der Waals surface area (Å²) in [5, 5.41) is 12.5. The van der Waals surface area contributed by atoms with Crippen LogP contribution in [0.3, 0.4) is 0 Å². The first-order valence-electron chi connectivity index (χ1n) is 21.8. The maximum atomic E-state index is 14.1. The molecule has 0 atom stereocenters. The smallest absolute Gasteiger partial charge is 0.416 e. The molecule has 6 aromatic rings. The second-order valence-electron chi connectivity index (χ2n) is 16.2. The number of halogens is 6. The number of nitrogens with one attached hydrogen (secondary N) is 3. The van der Waals surface area contributed by atoms with Crippen LogP contribution in [0.1, 0.15) is 69.1 Å². The lowest BCUT2D eigenvalue weighted by molar-refractivity contribution is -0.137. The van der Waals surface area contributed by atoms with Gasteiger partial charge in [-0.05, 0) is 151 Å². The summed E-state index contributed by atoms with van der Waals surface area (Å²) in [7, 11) is 0. The van der Waals surface area contributed by atoms with Gasteiger partial charge in [0.25, 0.3) is 17.7 Å². The third-order valence-electron chi connectivity index (χ3n) is 11.4. The highest BCUT2D eigenvalue weighted by Gasteiger charge is 2.32. The van der Waals surface area contributed by atoms with Crippen molar-refractivity contribution in [1.29, 1.82) is 0 Å². The molecule has 4 amide bonds. The van der Waals surface area contributed by atoms with Gasteiger partial charge in [0.05, 0.1) is 26.3 Å². The Bertz CT molecular complexity index is 3060. The van der Waals surface area contributed by atoms with Crippen molar-refractivity contribution in [3.8, 4) is 17.6 Å². The van der Waals surface area contributed by atoms with E-state index >= 15 is 0 Å². The van der Waals surface area contributed by atoms with Gasteiger partial charge in [0.1, 0.15) is 5.75 Å². The highest BCUT2D eigenvalue weighted by Crippen LogP contribution is 2.39. The van der Waals surface area contributed by atoms with E-state index in [4.69, 9.17) is 4.74 Å². The number of aryl methyl sites for hydroxylation is 1. The third kappa shape index (κ3) is 12.4. The molecule has 0 saturated carbocycles. The molecule has 0 aliphatic carbocycles. The molecular weight excluding hydrogens is 1140 g/mol. The molecule has 2 aliphatic heterocycles. The van der Waals surface area contributed by atoms with Crippen LogP contribution in [0.25, 0.3) is 17.3 Å². The van der Waals surface area contributed by atoms with E-state index in [0.29, 0.717) is 81.6 Å². The van der Waals surface area contributed by atoms with E-state index in [1.165, 1.54) is 6.07 Å². The van der Waals surface area contributed by atoms with Crippen molar-refractivity contribution >= 4 is 107 Å². The number of rotatable bonds is 13. The SMILES string of the molecule is CCc1ccc(C(=O)Nc2cc(CN3CCN(C(=O)CCCNC(=O)COc4c(Br)cc(/C=C5\C(=O)Nc6ccc(I)cc65)cc4Br)CC3)cc(C(F)(F)F)c2)cc1C#Cc1cnc2ccnn2c1. The average Bonchev–Trinajstić information content (AvgIpc) is 3.91. The fourth-order valence-electron chi connectivity index (χ4n) is 7.88. The molecule has 13 nitrogen and oxygen atoms in total. The first kappa shape index (κ1) is 49.3. The summed E-state index contributed by atoms with van der Waals surface area (Å²) in [4.78, 5) is 59.9. The summed E-state index contributed by atoms with van der Waals surface area (Å²) < 4.78 is 52.0. The largest absolute Gasteiger partial charge is 0.481 e. The van der Waals surface area contributed by atoms with Crippen LogP contribution in [0, 0.1) is 15.4 Å². The fourth-order valence-corrected chi connectivity index (χ4v) is 9.82. The summed E-state index contributed by atoms with van der Waals surface area (Å²) in [6, 6.07) is 19.7. The monoisotopic (exact) mass is 1180 g/mol. The molecule has 2 aliphatic rings. The summed E-state index contributed by atoms with van der Waals surface area (Å²) in [5.74, 6) is 5.36. The van der Waals surface area contributed by atoms with E-state index in [1.54, 1.807) is 70.5 Å². The van der Waals surface area contributed by atoms with Crippen molar-refractivity contribution in [2.75, 3.05) is 50.0 Å². The lowest BCUT2D eigenvalue weighted by Gasteiger charge is -2.35. The fraction of sp³-hybridized carbons (Fsp3) is 0.240. The summed E-state index contributed by atoms with van der Waals surface area (Å²) in [6.07, 6.45) is 3.38. The van der Waals surface area contributed by atoms with Gasteiger partial charge in [0, 0.05) is 101 Å². The molecule has 4 heterocycles. The van der Waals surface area contributed by atoms with Crippen LogP contribution >= 0.6 is 54.5 Å². The Labute approximate surface area is 425 Å². The number of carbonyl (C=O) groups excluding carboxylic acids is 4. The molecule has 8 rings (SSSR count). The average molecular weight is 1180 g/mol. The molecule has 0 spiro atoms. The highest BCUT2D eigenvalue weighted by molar-refractivity contribution is 14.1. The molecule has 0 radical (unpaired) electrons. The van der Waals surface area contributed by atoms with Gasteiger partial charge in [-0.15, -0.1) is 0 Å². The van der Waals surface area contributed by atoms with Crippen LogP contribution in [0.4, 0.5) is 24.5 Å². The summed E-state index contributed by atoms with van der Waals surface area (Å²) in [6.45, 7) is 3.76. The Morgan fingerprint density at radius 1 is 0.971 bits per heavy atom. The van der Waals surface area contributed by atoms with E-state index in [9.17, 15) is 32.3 Å². The van der Waals surface area contributed by atoms with Crippen LogP contribution in [0.5, 0.6) is 5.75 Å². The predicted octanol–water partition coefficient (Wildman–Crippen LogP) is 9.20.